The minimum absolute atomic E-state index is 0.179. The second kappa shape index (κ2) is 7.59. The van der Waals surface area contributed by atoms with Gasteiger partial charge in [-0.25, -0.2) is 9.29 Å². The number of rotatable bonds is 4. The lowest BCUT2D eigenvalue weighted by Gasteiger charge is -2.15. The van der Waals surface area contributed by atoms with Gasteiger partial charge in [0.1, 0.15) is 11.5 Å². The van der Waals surface area contributed by atoms with Crippen molar-refractivity contribution < 1.29 is 14.0 Å². The van der Waals surface area contributed by atoms with Gasteiger partial charge in [0.05, 0.1) is 11.3 Å². The number of nitrogens with zero attached hydrogens (tertiary/aromatic N) is 1. The third kappa shape index (κ3) is 3.50. The summed E-state index contributed by atoms with van der Waals surface area (Å²) in [6, 6.07) is 18.7. The molecule has 0 aliphatic carbocycles. The number of hydrogen-bond acceptors (Lipinski definition) is 3. The molecule has 1 aliphatic rings. The smallest absolute Gasteiger partial charge is 0.282 e. The molecule has 3 aromatic carbocycles. The molecule has 0 bridgehead atoms. The van der Waals surface area contributed by atoms with Crippen molar-refractivity contribution in [2.24, 2.45) is 0 Å². The fraction of sp³-hybridized carbons (Fsp3) is 0.120. The van der Waals surface area contributed by atoms with E-state index in [-0.39, 0.29) is 17.0 Å². The van der Waals surface area contributed by atoms with Crippen molar-refractivity contribution in [2.75, 3.05) is 10.2 Å². The molecule has 0 spiro atoms. The minimum atomic E-state index is -0.514. The van der Waals surface area contributed by atoms with Crippen molar-refractivity contribution in [3.8, 4) is 0 Å². The van der Waals surface area contributed by atoms with Gasteiger partial charge in [-0.3, -0.25) is 9.59 Å². The Morgan fingerprint density at radius 3 is 2.27 bits per heavy atom. The van der Waals surface area contributed by atoms with Gasteiger partial charge < -0.3 is 5.32 Å². The molecular weight excluding hydrogens is 379 g/mol. The average molecular weight is 400 g/mol. The number of imide groups is 1. The monoisotopic (exact) mass is 400 g/mol. The van der Waals surface area contributed by atoms with Gasteiger partial charge in [0.15, 0.2) is 0 Å². The number of halogens is 1. The Morgan fingerprint density at radius 2 is 1.57 bits per heavy atom. The number of carbonyl (C=O) groups is 2. The van der Waals surface area contributed by atoms with Crippen LogP contribution in [0.2, 0.25) is 0 Å². The number of carbonyl (C=O) groups excluding carboxylic acids is 2. The van der Waals surface area contributed by atoms with Crippen LogP contribution >= 0.6 is 0 Å². The number of benzene rings is 3. The third-order valence-electron chi connectivity index (χ3n) is 5.23. The molecule has 1 heterocycles. The Labute approximate surface area is 174 Å². The summed E-state index contributed by atoms with van der Waals surface area (Å²) in [4.78, 5) is 27.7. The highest BCUT2D eigenvalue weighted by Gasteiger charge is 2.40. The van der Waals surface area contributed by atoms with Crippen LogP contribution in [0.15, 0.2) is 72.4 Å². The Hall–Kier alpha value is -3.73. The van der Waals surface area contributed by atoms with Gasteiger partial charge in [0.25, 0.3) is 11.8 Å². The molecule has 3 aromatic rings. The van der Waals surface area contributed by atoms with Gasteiger partial charge >= 0.3 is 0 Å². The molecule has 0 unspecified atom stereocenters. The molecule has 150 valence electrons. The highest BCUT2D eigenvalue weighted by molar-refractivity contribution is 6.46. The fourth-order valence-electron chi connectivity index (χ4n) is 3.53. The molecule has 30 heavy (non-hydrogen) atoms. The molecule has 0 aromatic heterocycles. The molecular formula is C25H21FN2O2. The summed E-state index contributed by atoms with van der Waals surface area (Å²) < 4.78 is 13.8. The van der Waals surface area contributed by atoms with Crippen molar-refractivity contribution in [1.29, 1.82) is 0 Å². The van der Waals surface area contributed by atoms with Gasteiger partial charge in [-0.15, -0.1) is 0 Å². The first kappa shape index (κ1) is 19.6. The third-order valence-corrected chi connectivity index (χ3v) is 5.23. The maximum atomic E-state index is 13.8. The summed E-state index contributed by atoms with van der Waals surface area (Å²) in [5.41, 5.74) is 5.12. The Kier molecular flexibility index (Phi) is 4.96. The topological polar surface area (TPSA) is 49.4 Å². The maximum Gasteiger partial charge on any atom is 0.282 e. The predicted molar refractivity (Wildman–Crippen MR) is 117 cm³/mol. The number of aryl methyl sites for hydroxylation is 3. The van der Waals surface area contributed by atoms with Crippen LogP contribution in [-0.2, 0) is 9.59 Å². The first-order valence-electron chi connectivity index (χ1n) is 9.65. The summed E-state index contributed by atoms with van der Waals surface area (Å²) in [5, 5.41) is 3.13. The van der Waals surface area contributed by atoms with Crippen molar-refractivity contribution in [3.63, 3.8) is 0 Å². The van der Waals surface area contributed by atoms with E-state index in [0.29, 0.717) is 11.3 Å². The summed E-state index contributed by atoms with van der Waals surface area (Å²) >= 11 is 0. The number of hydrogen-bond donors (Lipinski definition) is 1. The van der Waals surface area contributed by atoms with Gasteiger partial charge in [-0.2, -0.15) is 0 Å². The second-order valence-electron chi connectivity index (χ2n) is 7.47. The van der Waals surface area contributed by atoms with Crippen LogP contribution in [0.25, 0.3) is 5.57 Å². The summed E-state index contributed by atoms with van der Waals surface area (Å²) in [6.45, 7) is 5.89. The van der Waals surface area contributed by atoms with Crippen molar-refractivity contribution in [1.82, 2.24) is 0 Å². The Bertz CT molecular complexity index is 1210. The summed E-state index contributed by atoms with van der Waals surface area (Å²) in [5.74, 6) is -1.51. The van der Waals surface area contributed by atoms with Crippen molar-refractivity contribution >= 4 is 28.8 Å². The number of nitrogens with one attached hydrogen (secondary N) is 1. The van der Waals surface area contributed by atoms with Crippen molar-refractivity contribution in [3.05, 3.63) is 100 Å². The number of amides is 2. The Morgan fingerprint density at radius 1 is 0.800 bits per heavy atom. The van der Waals surface area contributed by atoms with Gasteiger partial charge in [-0.1, -0.05) is 36.4 Å². The first-order chi connectivity index (χ1) is 14.3. The lowest BCUT2D eigenvalue weighted by molar-refractivity contribution is -0.120. The maximum absolute atomic E-state index is 13.8. The molecule has 1 N–H and O–H groups in total. The molecule has 4 rings (SSSR count). The van der Waals surface area contributed by atoms with Crippen LogP contribution in [0, 0.1) is 26.6 Å². The van der Waals surface area contributed by atoms with Crippen LogP contribution in [0.4, 0.5) is 15.8 Å². The van der Waals surface area contributed by atoms with Crippen LogP contribution in [-0.4, -0.2) is 11.8 Å². The van der Waals surface area contributed by atoms with Crippen molar-refractivity contribution in [2.45, 2.75) is 20.8 Å². The van der Waals surface area contributed by atoms with E-state index in [1.165, 1.54) is 18.2 Å². The molecule has 0 saturated carbocycles. The van der Waals surface area contributed by atoms with E-state index in [0.717, 1.165) is 21.6 Å². The normalized spacial score (nSPS) is 13.9. The van der Waals surface area contributed by atoms with Crippen LogP contribution in [0.1, 0.15) is 22.3 Å². The molecule has 0 radical (unpaired) electrons. The largest absolute Gasteiger partial charge is 0.350 e. The molecule has 5 heteroatoms. The SMILES string of the molecule is Cc1cccc(NC2=C(c3ccc(C)c(C)c3)C(=O)N(c3cccc(F)c3)C2=O)c1. The lowest BCUT2D eigenvalue weighted by atomic mass is 9.99. The zero-order valence-electron chi connectivity index (χ0n) is 17.0. The van der Waals surface area contributed by atoms with E-state index >= 15 is 0 Å². The van der Waals surface area contributed by atoms with Crippen LogP contribution in [0.5, 0.6) is 0 Å². The molecule has 0 fully saturated rings. The fourth-order valence-corrected chi connectivity index (χ4v) is 3.53. The zero-order chi connectivity index (χ0) is 21.4. The van der Waals surface area contributed by atoms with E-state index < -0.39 is 17.6 Å². The number of anilines is 2. The van der Waals surface area contributed by atoms with Crippen LogP contribution < -0.4 is 10.2 Å². The van der Waals surface area contributed by atoms with Gasteiger partial charge in [-0.05, 0) is 73.4 Å². The molecule has 2 amide bonds. The first-order valence-corrected chi connectivity index (χ1v) is 9.65. The minimum Gasteiger partial charge on any atom is -0.350 e. The van der Waals surface area contributed by atoms with E-state index in [2.05, 4.69) is 5.32 Å². The summed E-state index contributed by atoms with van der Waals surface area (Å²) in [6.07, 6.45) is 0. The standard InChI is InChI=1S/C25H21FN2O2/c1-15-6-4-8-20(12-15)27-23-22(18-11-10-16(2)17(3)13-18)24(29)28(25(23)30)21-9-5-7-19(26)14-21/h4-14,27H,1-3H3. The highest BCUT2D eigenvalue weighted by Crippen LogP contribution is 2.34. The molecule has 4 nitrogen and oxygen atoms in total. The molecule has 1 aliphatic heterocycles. The lowest BCUT2D eigenvalue weighted by Crippen LogP contribution is -2.32. The van der Waals surface area contributed by atoms with E-state index in [1.807, 2.05) is 63.2 Å². The second-order valence-corrected chi connectivity index (χ2v) is 7.47. The van der Waals surface area contributed by atoms with Crippen LogP contribution in [0.3, 0.4) is 0 Å². The van der Waals surface area contributed by atoms with E-state index in [4.69, 9.17) is 0 Å². The molecule has 0 atom stereocenters. The quantitative estimate of drug-likeness (QED) is 0.617. The summed E-state index contributed by atoms with van der Waals surface area (Å²) in [7, 11) is 0. The van der Waals surface area contributed by atoms with Gasteiger partial charge in [0, 0.05) is 5.69 Å². The molecule has 0 saturated heterocycles. The Balaban J connectivity index is 1.86. The van der Waals surface area contributed by atoms with E-state index in [9.17, 15) is 14.0 Å². The highest BCUT2D eigenvalue weighted by atomic mass is 19.1. The van der Waals surface area contributed by atoms with Gasteiger partial charge in [0.2, 0.25) is 0 Å². The van der Waals surface area contributed by atoms with E-state index in [1.54, 1.807) is 6.07 Å². The zero-order valence-corrected chi connectivity index (χ0v) is 17.0. The predicted octanol–water partition coefficient (Wildman–Crippen LogP) is 5.15. The average Bonchev–Trinajstić information content (AvgIpc) is 2.94.